The van der Waals surface area contributed by atoms with Gasteiger partial charge in [0.2, 0.25) is 0 Å². The number of halogens is 1. The zero-order chi connectivity index (χ0) is 21.8. The van der Waals surface area contributed by atoms with Crippen molar-refractivity contribution in [2.75, 3.05) is 13.7 Å². The quantitative estimate of drug-likeness (QED) is 0.304. The number of ether oxygens (including phenoxy) is 2. The fourth-order valence-electron chi connectivity index (χ4n) is 2.60. The first-order valence-corrected chi connectivity index (χ1v) is 10.4. The standard InChI is InChI=1S/C20H17BrN2O6S/c1-3-28-16-8-13(9-18-19(24)22(2)20(25)30-18)15(21)10-17(16)29-11-12-4-6-14(7-5-12)23(26)27/h4-10H,3,11H2,1-2H3/b18-9-. The van der Waals surface area contributed by atoms with Gasteiger partial charge in [0.1, 0.15) is 6.61 Å². The SMILES string of the molecule is CCOc1cc(/C=C2\SC(=O)N(C)C2=O)c(Br)cc1OCc1ccc([N+](=O)[O-])cc1. The van der Waals surface area contributed by atoms with Crippen LogP contribution in [-0.2, 0) is 11.4 Å². The highest BCUT2D eigenvalue weighted by Crippen LogP contribution is 2.38. The fourth-order valence-corrected chi connectivity index (χ4v) is 3.86. The van der Waals surface area contributed by atoms with E-state index in [2.05, 4.69) is 15.9 Å². The first-order valence-electron chi connectivity index (χ1n) is 8.84. The lowest BCUT2D eigenvalue weighted by Crippen LogP contribution is -2.22. The Balaban J connectivity index is 1.83. The summed E-state index contributed by atoms with van der Waals surface area (Å²) >= 11 is 4.34. The second kappa shape index (κ2) is 9.31. The number of hydrogen-bond donors (Lipinski definition) is 0. The van der Waals surface area contributed by atoms with E-state index in [1.54, 1.807) is 30.3 Å². The Morgan fingerprint density at radius 2 is 1.83 bits per heavy atom. The molecule has 1 aliphatic heterocycles. The molecule has 0 saturated carbocycles. The number of thioether (sulfide) groups is 1. The summed E-state index contributed by atoms with van der Waals surface area (Å²) in [5.41, 5.74) is 1.44. The molecule has 2 aromatic carbocycles. The van der Waals surface area contributed by atoms with Crippen LogP contribution in [0.15, 0.2) is 45.8 Å². The molecule has 0 spiro atoms. The maximum absolute atomic E-state index is 12.1. The number of carbonyl (C=O) groups is 2. The van der Waals surface area contributed by atoms with Crippen molar-refractivity contribution in [2.45, 2.75) is 13.5 Å². The van der Waals surface area contributed by atoms with Crippen LogP contribution in [0.5, 0.6) is 11.5 Å². The predicted molar refractivity (Wildman–Crippen MR) is 116 cm³/mol. The number of likely N-dealkylation sites (N-methyl/N-ethyl adjacent to an activating group) is 1. The first kappa shape index (κ1) is 21.8. The van der Waals surface area contributed by atoms with E-state index in [9.17, 15) is 19.7 Å². The molecular formula is C20H17BrN2O6S. The Bertz CT molecular complexity index is 1040. The Kier molecular flexibility index (Phi) is 6.78. The van der Waals surface area contributed by atoms with Crippen LogP contribution in [0.3, 0.4) is 0 Å². The van der Waals surface area contributed by atoms with Crippen LogP contribution in [-0.4, -0.2) is 34.6 Å². The number of carbonyl (C=O) groups excluding carboxylic acids is 2. The molecule has 2 amide bonds. The average Bonchev–Trinajstić information content (AvgIpc) is 2.96. The van der Waals surface area contributed by atoms with Gasteiger partial charge in [-0.1, -0.05) is 15.9 Å². The van der Waals surface area contributed by atoms with Gasteiger partial charge in [-0.05, 0) is 60.2 Å². The van der Waals surface area contributed by atoms with E-state index in [1.807, 2.05) is 6.92 Å². The number of rotatable bonds is 7. The van der Waals surface area contributed by atoms with Crippen LogP contribution in [0, 0.1) is 10.1 Å². The monoisotopic (exact) mass is 492 g/mol. The molecule has 8 nitrogen and oxygen atoms in total. The van der Waals surface area contributed by atoms with E-state index in [0.29, 0.717) is 33.0 Å². The zero-order valence-corrected chi connectivity index (χ0v) is 18.5. The molecule has 0 atom stereocenters. The molecule has 0 aliphatic carbocycles. The largest absolute Gasteiger partial charge is 0.490 e. The highest BCUT2D eigenvalue weighted by atomic mass is 79.9. The lowest BCUT2D eigenvalue weighted by Gasteiger charge is -2.14. The summed E-state index contributed by atoms with van der Waals surface area (Å²) in [5, 5.41) is 10.4. The topological polar surface area (TPSA) is 99.0 Å². The molecule has 3 rings (SSSR count). The molecule has 10 heteroatoms. The smallest absolute Gasteiger partial charge is 0.293 e. The van der Waals surface area contributed by atoms with Crippen LogP contribution >= 0.6 is 27.7 Å². The van der Waals surface area contributed by atoms with E-state index in [1.165, 1.54) is 19.2 Å². The van der Waals surface area contributed by atoms with Crippen molar-refractivity contribution >= 4 is 50.6 Å². The number of imide groups is 1. The highest BCUT2D eigenvalue weighted by molar-refractivity contribution is 9.10. The van der Waals surface area contributed by atoms with Crippen molar-refractivity contribution in [3.63, 3.8) is 0 Å². The van der Waals surface area contributed by atoms with Gasteiger partial charge in [0.05, 0.1) is 16.4 Å². The van der Waals surface area contributed by atoms with Crippen LogP contribution < -0.4 is 9.47 Å². The fraction of sp³-hybridized carbons (Fsp3) is 0.200. The molecule has 0 bridgehead atoms. The summed E-state index contributed by atoms with van der Waals surface area (Å²) < 4.78 is 12.2. The molecule has 0 N–H and O–H groups in total. The highest BCUT2D eigenvalue weighted by Gasteiger charge is 2.32. The minimum atomic E-state index is -0.457. The number of nitro groups is 1. The summed E-state index contributed by atoms with van der Waals surface area (Å²) in [7, 11) is 1.44. The van der Waals surface area contributed by atoms with Crippen molar-refractivity contribution in [3.05, 3.63) is 67.0 Å². The minimum Gasteiger partial charge on any atom is -0.490 e. The molecule has 2 aromatic rings. The Hall–Kier alpha value is -2.85. The third-order valence-corrected chi connectivity index (χ3v) is 5.83. The average molecular weight is 493 g/mol. The third-order valence-electron chi connectivity index (χ3n) is 4.18. The summed E-state index contributed by atoms with van der Waals surface area (Å²) in [6.07, 6.45) is 1.63. The number of nitrogens with zero attached hydrogens (tertiary/aromatic N) is 2. The van der Waals surface area contributed by atoms with Crippen LogP contribution in [0.4, 0.5) is 10.5 Å². The summed E-state index contributed by atoms with van der Waals surface area (Å²) in [4.78, 5) is 35.5. The van der Waals surface area contributed by atoms with Crippen LogP contribution in [0.25, 0.3) is 6.08 Å². The van der Waals surface area contributed by atoms with Crippen molar-refractivity contribution in [2.24, 2.45) is 0 Å². The molecule has 0 aromatic heterocycles. The normalized spacial score (nSPS) is 15.0. The van der Waals surface area contributed by atoms with Gasteiger partial charge in [0.25, 0.3) is 16.8 Å². The van der Waals surface area contributed by atoms with Gasteiger partial charge in [0.15, 0.2) is 11.5 Å². The van der Waals surface area contributed by atoms with Gasteiger partial charge < -0.3 is 9.47 Å². The lowest BCUT2D eigenvalue weighted by molar-refractivity contribution is -0.384. The van der Waals surface area contributed by atoms with Crippen LogP contribution in [0.1, 0.15) is 18.1 Å². The summed E-state index contributed by atoms with van der Waals surface area (Å²) in [6.45, 7) is 2.43. The van der Waals surface area contributed by atoms with E-state index in [0.717, 1.165) is 22.2 Å². The third kappa shape index (κ3) is 4.82. The molecule has 0 unspecified atom stereocenters. The van der Waals surface area contributed by atoms with Gasteiger partial charge in [-0.3, -0.25) is 24.6 Å². The molecule has 1 heterocycles. The van der Waals surface area contributed by atoms with Crippen LogP contribution in [0.2, 0.25) is 0 Å². The Labute approximate surface area is 185 Å². The van der Waals surface area contributed by atoms with E-state index < -0.39 is 4.92 Å². The van der Waals surface area contributed by atoms with Crippen molar-refractivity contribution in [1.29, 1.82) is 0 Å². The van der Waals surface area contributed by atoms with Crippen molar-refractivity contribution in [3.8, 4) is 11.5 Å². The van der Waals surface area contributed by atoms with Gasteiger partial charge in [-0.2, -0.15) is 0 Å². The van der Waals surface area contributed by atoms with Crippen molar-refractivity contribution < 1.29 is 24.0 Å². The first-order chi connectivity index (χ1) is 14.3. The second-order valence-corrected chi connectivity index (χ2v) is 8.05. The molecule has 156 valence electrons. The van der Waals surface area contributed by atoms with Gasteiger partial charge in [-0.25, -0.2) is 0 Å². The number of benzene rings is 2. The molecular weight excluding hydrogens is 476 g/mol. The second-order valence-electron chi connectivity index (χ2n) is 6.21. The molecule has 0 radical (unpaired) electrons. The van der Waals surface area contributed by atoms with E-state index in [4.69, 9.17) is 9.47 Å². The van der Waals surface area contributed by atoms with E-state index in [-0.39, 0.29) is 23.4 Å². The van der Waals surface area contributed by atoms with Gasteiger partial charge >= 0.3 is 0 Å². The Morgan fingerprint density at radius 3 is 2.40 bits per heavy atom. The number of amides is 2. The number of nitro benzene ring substituents is 1. The van der Waals surface area contributed by atoms with Gasteiger partial charge in [-0.15, -0.1) is 0 Å². The number of non-ortho nitro benzene ring substituents is 1. The summed E-state index contributed by atoms with van der Waals surface area (Å²) in [6, 6.07) is 9.54. The summed E-state index contributed by atoms with van der Waals surface area (Å²) in [5.74, 6) is 0.598. The zero-order valence-electron chi connectivity index (χ0n) is 16.1. The molecule has 1 saturated heterocycles. The molecule has 30 heavy (non-hydrogen) atoms. The predicted octanol–water partition coefficient (Wildman–Crippen LogP) is 5.00. The molecule has 1 fully saturated rings. The van der Waals surface area contributed by atoms with Gasteiger partial charge in [0, 0.05) is 23.7 Å². The minimum absolute atomic E-state index is 0.0114. The van der Waals surface area contributed by atoms with E-state index >= 15 is 0 Å². The maximum Gasteiger partial charge on any atom is 0.293 e. The molecule has 1 aliphatic rings. The lowest BCUT2D eigenvalue weighted by atomic mass is 10.1. The van der Waals surface area contributed by atoms with Crippen molar-refractivity contribution in [1.82, 2.24) is 4.90 Å². The number of hydrogen-bond acceptors (Lipinski definition) is 7. The Morgan fingerprint density at radius 1 is 1.17 bits per heavy atom. The maximum atomic E-state index is 12.1.